The Bertz CT molecular complexity index is 188. The normalized spacial score (nSPS) is 38.3. The molecule has 0 fully saturated rings. The van der Waals surface area contributed by atoms with Gasteiger partial charge in [0.05, 0.1) is 0 Å². The Kier molecular flexibility index (Phi) is 0.704. The fraction of sp³-hybridized carbons (Fsp3) is 1.00. The van der Waals surface area contributed by atoms with Crippen molar-refractivity contribution in [2.45, 2.75) is 12.7 Å². The van der Waals surface area contributed by atoms with Crippen LogP contribution in [0, 0.1) is 0 Å². The lowest BCUT2D eigenvalue weighted by atomic mass is 10.3. The lowest BCUT2D eigenvalue weighted by Crippen LogP contribution is -2.03. The summed E-state index contributed by atoms with van der Waals surface area (Å²) in [4.78, 5) is 0. The fourth-order valence-corrected chi connectivity index (χ4v) is 0.0722. The highest BCUT2D eigenvalue weighted by atomic mass is 14.5. The van der Waals surface area contributed by atoms with Gasteiger partial charge in [-0.3, -0.25) is 0 Å². The molecule has 0 saturated carbocycles. The maximum atomic E-state index is 7.11. The third kappa shape index (κ3) is 3.92. The van der Waals surface area contributed by atoms with Crippen molar-refractivity contribution in [2.75, 3.05) is 13.0 Å². The van der Waals surface area contributed by atoms with Gasteiger partial charge in [0.25, 0.3) is 0 Å². The molecule has 0 unspecified atom stereocenters. The van der Waals surface area contributed by atoms with E-state index in [1.54, 1.807) is 0 Å². The first-order valence-corrected chi connectivity index (χ1v) is 1.33. The molecule has 4 N–H and O–H groups in total. The monoisotopic (exact) mass is 104 g/mol. The molecule has 0 spiro atoms. The molecule has 0 saturated heterocycles. The first-order valence-electron chi connectivity index (χ1n) is 5.33. The number of hydrogen-bond donors (Lipinski definition) is 2. The Labute approximate surface area is 49.8 Å². The van der Waals surface area contributed by atoms with Gasteiger partial charge in [-0.2, -0.15) is 0 Å². The molecule has 0 rings (SSSR count). The summed E-state index contributed by atoms with van der Waals surface area (Å²) >= 11 is 0. The van der Waals surface area contributed by atoms with E-state index < -0.39 is 25.7 Å². The number of rotatable bonds is 3. The third-order valence-corrected chi connectivity index (χ3v) is 0.207. The summed E-state index contributed by atoms with van der Waals surface area (Å²) in [5, 5.41) is 0. The largest absolute Gasteiger partial charge is 0.330 e. The average Bonchev–Trinajstić information content (AvgIpc) is 1.81. The Morgan fingerprint density at radius 2 is 1.50 bits per heavy atom. The van der Waals surface area contributed by atoms with Crippen LogP contribution in [-0.2, 0) is 0 Å². The average molecular weight is 104 g/mol. The highest BCUT2D eigenvalue weighted by Gasteiger charge is 1.75. The maximum absolute atomic E-state index is 7.11. The van der Waals surface area contributed by atoms with Gasteiger partial charge in [-0.05, 0) is 25.7 Å². The van der Waals surface area contributed by atoms with Crippen molar-refractivity contribution in [3.8, 4) is 0 Å². The van der Waals surface area contributed by atoms with Crippen molar-refractivity contribution in [1.82, 2.24) is 0 Å². The van der Waals surface area contributed by atoms with E-state index in [0.717, 1.165) is 0 Å². The molecule has 2 nitrogen and oxygen atoms in total. The number of hydrogen-bond acceptors (Lipinski definition) is 2. The summed E-state index contributed by atoms with van der Waals surface area (Å²) in [6, 6.07) is 0. The van der Waals surface area contributed by atoms with Gasteiger partial charge in [-0.1, -0.05) is 0 Å². The second-order valence-electron chi connectivity index (χ2n) is 0.539. The van der Waals surface area contributed by atoms with Gasteiger partial charge in [-0.15, -0.1) is 0 Å². The van der Waals surface area contributed by atoms with Gasteiger partial charge < -0.3 is 11.5 Å². The molecule has 0 heterocycles. The van der Waals surface area contributed by atoms with Crippen LogP contribution in [0.1, 0.15) is 23.7 Å². The molecule has 0 aliphatic carbocycles. The van der Waals surface area contributed by atoms with Crippen LogP contribution in [0.5, 0.6) is 0 Å². The van der Waals surface area contributed by atoms with E-state index in [2.05, 4.69) is 0 Å². The van der Waals surface area contributed by atoms with E-state index in [9.17, 15) is 0 Å². The van der Waals surface area contributed by atoms with Crippen LogP contribution in [0.3, 0.4) is 0 Å². The molecule has 6 heavy (non-hydrogen) atoms. The molecule has 2 heteroatoms. The minimum Gasteiger partial charge on any atom is -0.330 e. The van der Waals surface area contributed by atoms with E-state index >= 15 is 0 Å². The molecular formula is C4H12N2. The Morgan fingerprint density at radius 3 is 1.67 bits per heavy atom. The van der Waals surface area contributed by atoms with E-state index in [4.69, 9.17) is 22.4 Å². The maximum Gasteiger partial charge on any atom is 0.0425 e. The minimum atomic E-state index is -3.24. The Morgan fingerprint density at radius 1 is 1.17 bits per heavy atom. The highest BCUT2D eigenvalue weighted by molar-refractivity contribution is 4.38. The van der Waals surface area contributed by atoms with Gasteiger partial charge in [-0.25, -0.2) is 0 Å². The molecular weight excluding hydrogens is 76.1 g/mol. The van der Waals surface area contributed by atoms with Crippen LogP contribution in [0.4, 0.5) is 0 Å². The van der Waals surface area contributed by atoms with E-state index in [-0.39, 0.29) is 0 Å². The molecule has 38 valence electrons. The summed E-state index contributed by atoms with van der Waals surface area (Å²) in [7, 11) is 0. The lowest BCUT2D eigenvalue weighted by molar-refractivity contribution is 0.755. The van der Waals surface area contributed by atoms with E-state index in [1.807, 2.05) is 0 Å². The zero-order valence-corrected chi connectivity index (χ0v) is 3.15. The summed E-state index contributed by atoms with van der Waals surface area (Å²) in [5.74, 6) is 0. The van der Waals surface area contributed by atoms with Gasteiger partial charge in [0.2, 0.25) is 0 Å². The Balaban J connectivity index is 5.30. The predicted molar refractivity (Wildman–Crippen MR) is 27.3 cm³/mol. The quantitative estimate of drug-likeness (QED) is 0.516. The number of nitrogens with two attached hydrogens (primary N) is 2. The highest BCUT2D eigenvalue weighted by Crippen LogP contribution is 1.77. The van der Waals surface area contributed by atoms with Crippen molar-refractivity contribution in [2.24, 2.45) is 11.5 Å². The van der Waals surface area contributed by atoms with E-state index in [1.165, 1.54) is 0 Å². The van der Waals surface area contributed by atoms with Crippen LogP contribution in [0.25, 0.3) is 0 Å². The molecule has 0 aliphatic rings. The molecule has 0 aromatic rings. The molecule has 0 atom stereocenters. The predicted octanol–water partition coefficient (Wildman–Crippen LogP) is -0.316. The summed E-state index contributed by atoms with van der Waals surface area (Å²) in [6.45, 7) is -6.05. The van der Waals surface area contributed by atoms with E-state index in [0.29, 0.717) is 0 Å². The smallest absolute Gasteiger partial charge is 0.0425 e. The molecule has 0 aromatic heterocycles. The van der Waals surface area contributed by atoms with Crippen LogP contribution in [-0.4, -0.2) is 13.0 Å². The van der Waals surface area contributed by atoms with Gasteiger partial charge >= 0.3 is 0 Å². The first-order chi connectivity index (χ1) is 5.75. The molecule has 0 aromatic carbocycles. The van der Waals surface area contributed by atoms with Crippen molar-refractivity contribution >= 4 is 0 Å². The Hall–Kier alpha value is -0.0800. The van der Waals surface area contributed by atoms with Gasteiger partial charge in [0.1, 0.15) is 0 Å². The standard InChI is InChI=1S/C4H12N2/c5-3-1-2-4-6/h1-6H2/i1T2,2T2,3T2,4T2. The van der Waals surface area contributed by atoms with Gasteiger partial charge in [0.15, 0.2) is 0 Å². The summed E-state index contributed by atoms with van der Waals surface area (Å²) < 4.78 is 55.9. The zero-order valence-electron chi connectivity index (χ0n) is 11.2. The fourth-order valence-electron chi connectivity index (χ4n) is 0.0722. The second-order valence-corrected chi connectivity index (χ2v) is 0.539. The molecule has 0 amide bonds. The van der Waals surface area contributed by atoms with Crippen molar-refractivity contribution in [1.29, 1.82) is 0 Å². The van der Waals surface area contributed by atoms with Crippen molar-refractivity contribution < 1.29 is 11.0 Å². The van der Waals surface area contributed by atoms with Gasteiger partial charge in [0, 0.05) is 11.0 Å². The molecule has 0 bridgehead atoms. The van der Waals surface area contributed by atoms with Crippen LogP contribution in [0.15, 0.2) is 0 Å². The molecule has 0 radical (unpaired) electrons. The van der Waals surface area contributed by atoms with Crippen LogP contribution in [0.2, 0.25) is 0 Å². The molecule has 0 aliphatic heterocycles. The first kappa shape index (κ1) is 0.858. The van der Waals surface area contributed by atoms with Crippen LogP contribution >= 0.6 is 0 Å². The second kappa shape index (κ2) is 4.92. The van der Waals surface area contributed by atoms with Crippen molar-refractivity contribution in [3.05, 3.63) is 0 Å². The SMILES string of the molecule is [3H]C([3H])(N)C([3H])([3H])C([3H])([3H])C([3H])([3H])N. The third-order valence-electron chi connectivity index (χ3n) is 0.207. The van der Waals surface area contributed by atoms with Crippen molar-refractivity contribution in [3.63, 3.8) is 0 Å². The zero-order chi connectivity index (χ0) is 12.0. The lowest BCUT2D eigenvalue weighted by Gasteiger charge is -1.87. The minimum absolute atomic E-state index is 3.02. The topological polar surface area (TPSA) is 52.0 Å². The van der Waals surface area contributed by atoms with Crippen LogP contribution < -0.4 is 11.5 Å². The summed E-state index contributed by atoms with van der Waals surface area (Å²) in [5.41, 5.74) is 9.58. The summed E-state index contributed by atoms with van der Waals surface area (Å²) in [6.07, 6.45) is -6.48.